The van der Waals surface area contributed by atoms with Crippen LogP contribution >= 0.6 is 23.2 Å². The number of carbonyl (C=O) groups excluding carboxylic acids is 1. The van der Waals surface area contributed by atoms with E-state index in [9.17, 15) is 18.4 Å². The minimum absolute atomic E-state index is 0.152. The van der Waals surface area contributed by atoms with Gasteiger partial charge in [-0.3, -0.25) is 9.59 Å². The molecule has 5 nitrogen and oxygen atoms in total. The zero-order valence-electron chi connectivity index (χ0n) is 19.4. The smallest absolute Gasteiger partial charge is 0.337 e. The summed E-state index contributed by atoms with van der Waals surface area (Å²) in [6.07, 6.45) is -1.47. The summed E-state index contributed by atoms with van der Waals surface area (Å²) in [5.74, 6) is -7.58. The van der Waals surface area contributed by atoms with Crippen molar-refractivity contribution in [2.75, 3.05) is 0 Å². The molecule has 4 rings (SSSR count). The predicted molar refractivity (Wildman–Crippen MR) is 136 cm³/mol. The third kappa shape index (κ3) is 5.13. The Morgan fingerprint density at radius 2 is 1.58 bits per heavy atom. The molecule has 0 aliphatic carbocycles. The molecule has 0 aromatic heterocycles. The van der Waals surface area contributed by atoms with Crippen molar-refractivity contribution in [2.24, 2.45) is 5.10 Å². The van der Waals surface area contributed by atoms with Crippen LogP contribution in [0, 0.1) is 13.8 Å². The second-order valence-corrected chi connectivity index (χ2v) is 9.55. The average Bonchev–Trinajstić information content (AvgIpc) is 3.25. The van der Waals surface area contributed by atoms with Crippen LogP contribution in [0.25, 0.3) is 11.1 Å². The standard InChI is InChI=1S/C27H22Cl2F2N2O3/c1-15-3-12-21(25(16(15)2)18-6-10-20(29)11-7-18)22-13-23(17-4-8-19(28)9-5-17)33(32-22)26(36)27(30,31)14-24(34)35/h3-12,23H,13-14H2,1-2H3,(H,34,35)/t23-/m1/s1. The Labute approximate surface area is 217 Å². The lowest BCUT2D eigenvalue weighted by atomic mass is 9.88. The number of aliphatic carboxylic acids is 1. The molecule has 1 heterocycles. The zero-order chi connectivity index (χ0) is 26.2. The first-order chi connectivity index (χ1) is 17.0. The number of hydrogen-bond donors (Lipinski definition) is 1. The fourth-order valence-corrected chi connectivity index (χ4v) is 4.53. The molecule has 1 N–H and O–H groups in total. The van der Waals surface area contributed by atoms with Gasteiger partial charge in [0.1, 0.15) is 6.42 Å². The summed E-state index contributed by atoms with van der Waals surface area (Å²) in [7, 11) is 0. The van der Waals surface area contributed by atoms with E-state index in [2.05, 4.69) is 5.10 Å². The van der Waals surface area contributed by atoms with E-state index < -0.39 is 30.3 Å². The lowest BCUT2D eigenvalue weighted by Crippen LogP contribution is -2.42. The summed E-state index contributed by atoms with van der Waals surface area (Å²) in [5, 5.41) is 15.0. The van der Waals surface area contributed by atoms with E-state index >= 15 is 0 Å². The van der Waals surface area contributed by atoms with Gasteiger partial charge in [0.15, 0.2) is 0 Å². The summed E-state index contributed by atoms with van der Waals surface area (Å²) in [6, 6.07) is 16.6. The molecule has 3 aromatic carbocycles. The number of alkyl halides is 2. The van der Waals surface area contributed by atoms with Gasteiger partial charge in [-0.05, 0) is 65.9 Å². The molecule has 3 aromatic rings. The van der Waals surface area contributed by atoms with Gasteiger partial charge in [-0.15, -0.1) is 0 Å². The molecule has 0 fully saturated rings. The molecular formula is C27H22Cl2F2N2O3. The predicted octanol–water partition coefficient (Wildman–Crippen LogP) is 7.06. The van der Waals surface area contributed by atoms with Gasteiger partial charge in [0.2, 0.25) is 0 Å². The van der Waals surface area contributed by atoms with E-state index in [1.165, 1.54) is 0 Å². The maximum Gasteiger partial charge on any atom is 0.337 e. The van der Waals surface area contributed by atoms with Gasteiger partial charge in [0, 0.05) is 22.0 Å². The number of amides is 1. The highest BCUT2D eigenvalue weighted by Gasteiger charge is 2.48. The Kier molecular flexibility index (Phi) is 7.16. The van der Waals surface area contributed by atoms with Crippen molar-refractivity contribution in [1.29, 1.82) is 0 Å². The largest absolute Gasteiger partial charge is 0.481 e. The lowest BCUT2D eigenvalue weighted by molar-refractivity contribution is -0.167. The fraction of sp³-hybridized carbons (Fsp3) is 0.222. The Balaban J connectivity index is 1.84. The van der Waals surface area contributed by atoms with Crippen molar-refractivity contribution >= 4 is 40.8 Å². The van der Waals surface area contributed by atoms with Crippen molar-refractivity contribution in [3.63, 3.8) is 0 Å². The van der Waals surface area contributed by atoms with E-state index in [0.717, 1.165) is 22.3 Å². The second kappa shape index (κ2) is 9.99. The van der Waals surface area contributed by atoms with Gasteiger partial charge >= 0.3 is 17.8 Å². The Bertz CT molecular complexity index is 1360. The number of aryl methyl sites for hydroxylation is 1. The first kappa shape index (κ1) is 25.8. The van der Waals surface area contributed by atoms with E-state index in [0.29, 0.717) is 31.9 Å². The topological polar surface area (TPSA) is 70.0 Å². The molecule has 1 aliphatic rings. The molecule has 36 heavy (non-hydrogen) atoms. The molecule has 0 saturated carbocycles. The Morgan fingerprint density at radius 3 is 2.17 bits per heavy atom. The highest BCUT2D eigenvalue weighted by atomic mass is 35.5. The maximum atomic E-state index is 14.6. The molecule has 186 valence electrons. The minimum Gasteiger partial charge on any atom is -0.481 e. The summed E-state index contributed by atoms with van der Waals surface area (Å²) in [5.41, 5.74) is 5.39. The molecule has 9 heteroatoms. The second-order valence-electron chi connectivity index (χ2n) is 8.68. The summed E-state index contributed by atoms with van der Waals surface area (Å²) in [6.45, 7) is 3.92. The number of halogens is 4. The van der Waals surface area contributed by atoms with Gasteiger partial charge in [-0.2, -0.15) is 13.9 Å². The van der Waals surface area contributed by atoms with Crippen LogP contribution < -0.4 is 0 Å². The quantitative estimate of drug-likeness (QED) is 0.370. The van der Waals surface area contributed by atoms with Crippen molar-refractivity contribution in [3.05, 3.63) is 93.0 Å². The number of nitrogens with zero attached hydrogens (tertiary/aromatic N) is 2. The molecule has 0 unspecified atom stereocenters. The van der Waals surface area contributed by atoms with Crippen molar-refractivity contribution < 1.29 is 23.5 Å². The SMILES string of the molecule is Cc1ccc(C2=NN(C(=O)C(F)(F)CC(=O)O)[C@@H](c3ccc(Cl)cc3)C2)c(-c2ccc(Cl)cc2)c1C. The molecule has 0 saturated heterocycles. The van der Waals surface area contributed by atoms with Crippen LogP contribution in [0.5, 0.6) is 0 Å². The normalized spacial score (nSPS) is 15.7. The van der Waals surface area contributed by atoms with Gasteiger partial charge in [0.05, 0.1) is 11.8 Å². The van der Waals surface area contributed by atoms with Crippen molar-refractivity contribution in [3.8, 4) is 11.1 Å². The molecule has 0 radical (unpaired) electrons. The molecule has 0 spiro atoms. The van der Waals surface area contributed by atoms with Crippen LogP contribution in [0.3, 0.4) is 0 Å². The summed E-state index contributed by atoms with van der Waals surface area (Å²) < 4.78 is 29.3. The van der Waals surface area contributed by atoms with Crippen molar-refractivity contribution in [2.45, 2.75) is 38.7 Å². The van der Waals surface area contributed by atoms with Gasteiger partial charge in [-0.1, -0.05) is 59.6 Å². The highest BCUT2D eigenvalue weighted by molar-refractivity contribution is 6.30. The summed E-state index contributed by atoms with van der Waals surface area (Å²) >= 11 is 12.1. The third-order valence-electron chi connectivity index (χ3n) is 6.24. The Morgan fingerprint density at radius 1 is 1.00 bits per heavy atom. The monoisotopic (exact) mass is 530 g/mol. The van der Waals surface area contributed by atoms with E-state index in [1.807, 2.05) is 38.1 Å². The van der Waals surface area contributed by atoms with Gasteiger partial charge in [0.25, 0.3) is 0 Å². The number of benzene rings is 3. The number of hydrazone groups is 1. The zero-order valence-corrected chi connectivity index (χ0v) is 20.9. The molecule has 1 aliphatic heterocycles. The van der Waals surface area contributed by atoms with Crippen LogP contribution in [0.15, 0.2) is 65.8 Å². The molecule has 1 amide bonds. The number of carbonyl (C=O) groups is 2. The van der Waals surface area contributed by atoms with E-state index in [-0.39, 0.29) is 6.42 Å². The lowest BCUT2D eigenvalue weighted by Gasteiger charge is -2.25. The molecule has 0 bridgehead atoms. The van der Waals surface area contributed by atoms with E-state index in [1.54, 1.807) is 36.4 Å². The molecule has 1 atom stereocenters. The van der Waals surface area contributed by atoms with Gasteiger partial charge < -0.3 is 5.11 Å². The maximum absolute atomic E-state index is 14.6. The van der Waals surface area contributed by atoms with Crippen LogP contribution in [0.1, 0.15) is 41.1 Å². The fourth-order valence-electron chi connectivity index (χ4n) is 4.28. The van der Waals surface area contributed by atoms with Crippen LogP contribution in [-0.2, 0) is 9.59 Å². The molecular weight excluding hydrogens is 509 g/mol. The summed E-state index contributed by atoms with van der Waals surface area (Å²) in [4.78, 5) is 23.9. The third-order valence-corrected chi connectivity index (χ3v) is 6.74. The van der Waals surface area contributed by atoms with Crippen LogP contribution in [0.2, 0.25) is 10.0 Å². The number of hydrogen-bond acceptors (Lipinski definition) is 3. The van der Waals surface area contributed by atoms with E-state index in [4.69, 9.17) is 28.3 Å². The van der Waals surface area contributed by atoms with Gasteiger partial charge in [-0.25, -0.2) is 5.01 Å². The van der Waals surface area contributed by atoms with Crippen LogP contribution in [0.4, 0.5) is 8.78 Å². The number of rotatable bonds is 6. The van der Waals surface area contributed by atoms with Crippen LogP contribution in [-0.4, -0.2) is 33.6 Å². The average molecular weight is 531 g/mol. The Hall–Kier alpha value is -3.29. The first-order valence-electron chi connectivity index (χ1n) is 11.1. The highest BCUT2D eigenvalue weighted by Crippen LogP contribution is 2.40. The van der Waals surface area contributed by atoms with Crippen molar-refractivity contribution in [1.82, 2.24) is 5.01 Å². The number of carboxylic acids is 1. The minimum atomic E-state index is -4.13. The number of carboxylic acid groups (broad SMARTS) is 1. The first-order valence-corrected chi connectivity index (χ1v) is 11.9.